The summed E-state index contributed by atoms with van der Waals surface area (Å²) in [5.41, 5.74) is 17.3. The summed E-state index contributed by atoms with van der Waals surface area (Å²) >= 11 is 0. The predicted molar refractivity (Wildman–Crippen MR) is 163 cm³/mol. The van der Waals surface area contributed by atoms with Crippen molar-refractivity contribution in [1.82, 2.24) is 10.6 Å². The second-order valence-corrected chi connectivity index (χ2v) is 11.3. The molecule has 4 aromatic rings. The van der Waals surface area contributed by atoms with Crippen LogP contribution in [0.25, 0.3) is 27.2 Å². The third-order valence-corrected chi connectivity index (χ3v) is 8.98. The molecule has 0 radical (unpaired) electrons. The number of benzene rings is 4. The Kier molecular flexibility index (Phi) is 5.60. The number of hydrogen-bond donors (Lipinski definition) is 4. The molecule has 0 saturated carbocycles. The first kappa shape index (κ1) is 24.1. The van der Waals surface area contributed by atoms with E-state index in [1.807, 2.05) is 0 Å². The Labute approximate surface area is 229 Å². The SMILES string of the molecule is CC1C=C(C2C=C(c3cccc4ccccc34)NC(c3cccc4ccccc34)N2)C=C[C@]1(N)C1(N)C=CC1. The molecule has 4 nitrogen and oxygen atoms in total. The van der Waals surface area contributed by atoms with Gasteiger partial charge in [0, 0.05) is 11.3 Å². The van der Waals surface area contributed by atoms with Gasteiger partial charge in [0.1, 0.15) is 6.17 Å². The van der Waals surface area contributed by atoms with Crippen molar-refractivity contribution in [3.63, 3.8) is 0 Å². The van der Waals surface area contributed by atoms with Crippen LogP contribution in [0.15, 0.2) is 127 Å². The average molecular weight is 511 g/mol. The summed E-state index contributed by atoms with van der Waals surface area (Å²) in [6.07, 6.45) is 13.8. The van der Waals surface area contributed by atoms with Crippen LogP contribution in [0.5, 0.6) is 0 Å². The maximum atomic E-state index is 6.94. The monoisotopic (exact) mass is 510 g/mol. The van der Waals surface area contributed by atoms with E-state index in [4.69, 9.17) is 11.5 Å². The van der Waals surface area contributed by atoms with Crippen molar-refractivity contribution in [2.45, 2.75) is 36.6 Å². The van der Waals surface area contributed by atoms with Crippen LogP contribution < -0.4 is 22.1 Å². The highest BCUT2D eigenvalue weighted by Crippen LogP contribution is 2.41. The zero-order valence-electron chi connectivity index (χ0n) is 22.1. The van der Waals surface area contributed by atoms with Crippen LogP contribution in [0.2, 0.25) is 0 Å². The van der Waals surface area contributed by atoms with E-state index < -0.39 is 11.1 Å². The quantitative estimate of drug-likeness (QED) is 0.251. The number of rotatable bonds is 4. The lowest BCUT2D eigenvalue weighted by molar-refractivity contribution is 0.253. The average Bonchev–Trinajstić information content (AvgIpc) is 2.96. The summed E-state index contributed by atoms with van der Waals surface area (Å²) < 4.78 is 0. The van der Waals surface area contributed by atoms with E-state index >= 15 is 0 Å². The first-order valence-electron chi connectivity index (χ1n) is 13.8. The molecule has 4 heteroatoms. The van der Waals surface area contributed by atoms with Crippen LogP contribution in [0.4, 0.5) is 0 Å². The summed E-state index contributed by atoms with van der Waals surface area (Å²) in [5, 5.41) is 12.7. The lowest BCUT2D eigenvalue weighted by atomic mass is 9.62. The van der Waals surface area contributed by atoms with Gasteiger partial charge in [0.2, 0.25) is 0 Å². The lowest BCUT2D eigenvalue weighted by Gasteiger charge is -2.50. The number of hydrogen-bond acceptors (Lipinski definition) is 4. The van der Waals surface area contributed by atoms with Crippen LogP contribution in [-0.4, -0.2) is 17.1 Å². The van der Waals surface area contributed by atoms with E-state index in [-0.39, 0.29) is 18.1 Å². The van der Waals surface area contributed by atoms with Gasteiger partial charge in [0.25, 0.3) is 0 Å². The van der Waals surface area contributed by atoms with Crippen LogP contribution >= 0.6 is 0 Å². The Morgan fingerprint density at radius 2 is 1.44 bits per heavy atom. The smallest absolute Gasteiger partial charge is 0.105 e. The maximum Gasteiger partial charge on any atom is 0.105 e. The van der Waals surface area contributed by atoms with E-state index in [1.165, 1.54) is 38.2 Å². The minimum Gasteiger partial charge on any atom is -0.366 e. The fourth-order valence-corrected chi connectivity index (χ4v) is 6.48. The van der Waals surface area contributed by atoms with Crippen LogP contribution in [0.3, 0.4) is 0 Å². The molecule has 5 atom stereocenters. The summed E-state index contributed by atoms with van der Waals surface area (Å²) in [7, 11) is 0. The van der Waals surface area contributed by atoms with Gasteiger partial charge in [-0.1, -0.05) is 122 Å². The Morgan fingerprint density at radius 3 is 2.15 bits per heavy atom. The van der Waals surface area contributed by atoms with Gasteiger partial charge in [-0.25, -0.2) is 0 Å². The van der Waals surface area contributed by atoms with Crippen LogP contribution in [0, 0.1) is 5.92 Å². The molecule has 0 bridgehead atoms. The van der Waals surface area contributed by atoms with Crippen LogP contribution in [-0.2, 0) is 0 Å². The Morgan fingerprint density at radius 1 is 0.769 bits per heavy atom. The van der Waals surface area contributed by atoms with E-state index in [2.05, 4.69) is 139 Å². The molecular formula is C35H34N4. The molecule has 0 saturated heterocycles. The van der Waals surface area contributed by atoms with Gasteiger partial charge < -0.3 is 16.8 Å². The molecule has 0 amide bonds. The molecule has 2 aliphatic carbocycles. The van der Waals surface area contributed by atoms with Crippen molar-refractivity contribution in [2.75, 3.05) is 0 Å². The normalized spacial score (nSPS) is 30.0. The molecule has 1 aliphatic heterocycles. The number of nitrogens with two attached hydrogens (primary N) is 2. The third kappa shape index (κ3) is 3.87. The molecular weight excluding hydrogens is 476 g/mol. The molecule has 0 fully saturated rings. The summed E-state index contributed by atoms with van der Waals surface area (Å²) in [4.78, 5) is 0. The van der Waals surface area contributed by atoms with E-state index in [9.17, 15) is 0 Å². The van der Waals surface area contributed by atoms with Gasteiger partial charge in [0.15, 0.2) is 0 Å². The van der Waals surface area contributed by atoms with Crippen molar-refractivity contribution < 1.29 is 0 Å². The molecule has 194 valence electrons. The van der Waals surface area contributed by atoms with Crippen molar-refractivity contribution in [3.05, 3.63) is 138 Å². The van der Waals surface area contributed by atoms with E-state index in [0.717, 1.165) is 12.1 Å². The minimum atomic E-state index is -0.602. The van der Waals surface area contributed by atoms with E-state index in [1.54, 1.807) is 0 Å². The Bertz CT molecular complexity index is 1700. The number of nitrogens with one attached hydrogen (secondary N) is 2. The molecule has 4 unspecified atom stereocenters. The van der Waals surface area contributed by atoms with Gasteiger partial charge in [0.05, 0.1) is 17.1 Å². The maximum absolute atomic E-state index is 6.94. The molecule has 6 N–H and O–H groups in total. The molecule has 39 heavy (non-hydrogen) atoms. The van der Waals surface area contributed by atoms with Crippen molar-refractivity contribution in [2.24, 2.45) is 17.4 Å². The predicted octanol–water partition coefficient (Wildman–Crippen LogP) is 6.08. The zero-order valence-corrected chi connectivity index (χ0v) is 22.1. The Balaban J connectivity index is 1.33. The standard InChI is InChI=1S/C35H34N4/c1-23-21-26(17-20-35(23,37)34(36)18-8-19-34)31-22-32(29-15-6-11-24-9-2-4-13-27(24)29)39-33(38-31)30-16-7-12-25-10-3-5-14-28(25)30/h2-18,20-23,31,33,38-39H,19,36-37H2,1H3/t23?,31?,33?,34?,35-/m1/s1. The molecule has 1 heterocycles. The summed E-state index contributed by atoms with van der Waals surface area (Å²) in [5.74, 6) is 0.0922. The van der Waals surface area contributed by atoms with Gasteiger partial charge in [-0.3, -0.25) is 5.32 Å². The molecule has 7 rings (SSSR count). The lowest BCUT2D eigenvalue weighted by Crippen LogP contribution is -2.69. The van der Waals surface area contributed by atoms with Crippen molar-refractivity contribution in [3.8, 4) is 0 Å². The topological polar surface area (TPSA) is 76.1 Å². The van der Waals surface area contributed by atoms with Gasteiger partial charge in [-0.15, -0.1) is 0 Å². The van der Waals surface area contributed by atoms with Gasteiger partial charge in [-0.2, -0.15) is 0 Å². The number of fused-ring (bicyclic) bond motifs is 2. The van der Waals surface area contributed by atoms with Gasteiger partial charge >= 0.3 is 0 Å². The van der Waals surface area contributed by atoms with E-state index in [0.29, 0.717) is 0 Å². The van der Waals surface area contributed by atoms with Crippen LogP contribution in [0.1, 0.15) is 30.6 Å². The van der Waals surface area contributed by atoms with Crippen molar-refractivity contribution in [1.29, 1.82) is 0 Å². The zero-order chi connectivity index (χ0) is 26.6. The minimum absolute atomic E-state index is 0.00176. The molecule has 4 aromatic carbocycles. The summed E-state index contributed by atoms with van der Waals surface area (Å²) in [6.45, 7) is 2.18. The second-order valence-electron chi connectivity index (χ2n) is 11.3. The van der Waals surface area contributed by atoms with Crippen molar-refractivity contribution >= 4 is 27.2 Å². The highest BCUT2D eigenvalue weighted by molar-refractivity contribution is 5.94. The Hall–Kier alpha value is -3.96. The highest BCUT2D eigenvalue weighted by Gasteiger charge is 2.49. The molecule has 0 aromatic heterocycles. The highest BCUT2D eigenvalue weighted by atomic mass is 15.2. The fourth-order valence-electron chi connectivity index (χ4n) is 6.48. The molecule has 0 spiro atoms. The first-order chi connectivity index (χ1) is 19.0. The van der Waals surface area contributed by atoms with Gasteiger partial charge in [-0.05, 0) is 51.1 Å². The molecule has 3 aliphatic rings. The second kappa shape index (κ2) is 9.06. The fraction of sp³-hybridized carbons (Fsp3) is 0.200. The largest absolute Gasteiger partial charge is 0.366 e. The summed E-state index contributed by atoms with van der Waals surface area (Å²) in [6, 6.07) is 30.2. The third-order valence-electron chi connectivity index (χ3n) is 8.98. The first-order valence-corrected chi connectivity index (χ1v) is 13.8.